The third kappa shape index (κ3) is 3.17. The Hall–Kier alpha value is -1.64. The highest BCUT2D eigenvalue weighted by Gasteiger charge is 2.37. The Morgan fingerprint density at radius 3 is 2.62 bits per heavy atom. The Labute approximate surface area is 124 Å². The molecule has 116 valence electrons. The Bertz CT molecular complexity index is 600. The lowest BCUT2D eigenvalue weighted by Crippen LogP contribution is -2.59. The molecule has 2 rings (SSSR count). The van der Waals surface area contributed by atoms with Gasteiger partial charge in [-0.15, -0.1) is 0 Å². The first kappa shape index (κ1) is 15.7. The average Bonchev–Trinajstić information content (AvgIpc) is 2.54. The molecule has 0 saturated carbocycles. The van der Waals surface area contributed by atoms with E-state index in [4.69, 9.17) is 4.74 Å². The second kappa shape index (κ2) is 6.42. The van der Waals surface area contributed by atoms with E-state index in [0.29, 0.717) is 18.8 Å². The topological polar surface area (TPSA) is 87.7 Å². The Morgan fingerprint density at radius 2 is 2.05 bits per heavy atom. The largest absolute Gasteiger partial charge is 0.497 e. The van der Waals surface area contributed by atoms with Crippen molar-refractivity contribution in [2.45, 2.75) is 10.9 Å². The van der Waals surface area contributed by atoms with E-state index in [1.165, 1.54) is 30.6 Å². The molecule has 1 heterocycles. The summed E-state index contributed by atoms with van der Waals surface area (Å²) in [4.78, 5) is 12.0. The monoisotopic (exact) mass is 313 g/mol. The van der Waals surface area contributed by atoms with Crippen molar-refractivity contribution in [1.82, 2.24) is 14.9 Å². The van der Waals surface area contributed by atoms with Crippen molar-refractivity contribution in [3.05, 3.63) is 24.3 Å². The van der Waals surface area contributed by atoms with Crippen LogP contribution in [0.5, 0.6) is 5.75 Å². The van der Waals surface area contributed by atoms with E-state index in [1.54, 1.807) is 12.1 Å². The number of methoxy groups -OCH3 is 1. The van der Waals surface area contributed by atoms with Crippen molar-refractivity contribution in [2.24, 2.45) is 0 Å². The van der Waals surface area contributed by atoms with Gasteiger partial charge in [0.1, 0.15) is 11.8 Å². The number of nitrogens with zero attached hydrogens (tertiary/aromatic N) is 1. The first-order chi connectivity index (χ1) is 10.0. The normalized spacial score (nSPS) is 20.0. The highest BCUT2D eigenvalue weighted by atomic mass is 32.2. The van der Waals surface area contributed by atoms with Crippen LogP contribution in [-0.4, -0.2) is 58.5 Å². The van der Waals surface area contributed by atoms with Crippen LogP contribution in [-0.2, 0) is 14.8 Å². The lowest BCUT2D eigenvalue weighted by Gasteiger charge is -2.33. The number of hydrogen-bond acceptors (Lipinski definition) is 5. The maximum atomic E-state index is 12.7. The minimum Gasteiger partial charge on any atom is -0.497 e. The molecular weight excluding hydrogens is 294 g/mol. The van der Waals surface area contributed by atoms with Crippen molar-refractivity contribution in [3.63, 3.8) is 0 Å². The number of carbonyl (C=O) groups is 1. The molecule has 1 fully saturated rings. The standard InChI is InChI=1S/C13H19N3O4S/c1-14-13(17)12-9-15-7-8-16(12)21(18,19)11-5-3-10(20-2)4-6-11/h3-6,12,15H,7-9H2,1-2H3,(H,14,17). The lowest BCUT2D eigenvalue weighted by molar-refractivity contribution is -0.124. The summed E-state index contributed by atoms with van der Waals surface area (Å²) in [5.74, 6) is 0.261. The van der Waals surface area contributed by atoms with Gasteiger partial charge in [0.2, 0.25) is 15.9 Å². The van der Waals surface area contributed by atoms with E-state index in [0.717, 1.165) is 0 Å². The second-order valence-electron chi connectivity index (χ2n) is 4.63. The van der Waals surface area contributed by atoms with Crippen molar-refractivity contribution in [3.8, 4) is 5.75 Å². The maximum absolute atomic E-state index is 12.7. The van der Waals surface area contributed by atoms with Gasteiger partial charge in [0.15, 0.2) is 0 Å². The van der Waals surface area contributed by atoms with Gasteiger partial charge in [-0.25, -0.2) is 8.42 Å². The summed E-state index contributed by atoms with van der Waals surface area (Å²) >= 11 is 0. The molecule has 1 aliphatic rings. The van der Waals surface area contributed by atoms with E-state index >= 15 is 0 Å². The number of hydrogen-bond donors (Lipinski definition) is 2. The lowest BCUT2D eigenvalue weighted by atomic mass is 10.2. The van der Waals surface area contributed by atoms with E-state index in [1.807, 2.05) is 0 Å². The zero-order valence-corrected chi connectivity index (χ0v) is 12.8. The van der Waals surface area contributed by atoms with Gasteiger partial charge in [-0.05, 0) is 24.3 Å². The fourth-order valence-corrected chi connectivity index (χ4v) is 3.83. The number of likely N-dealkylation sites (N-methyl/N-ethyl adjacent to an activating group) is 1. The third-order valence-electron chi connectivity index (χ3n) is 3.41. The second-order valence-corrected chi connectivity index (χ2v) is 6.52. The zero-order chi connectivity index (χ0) is 15.5. The molecule has 21 heavy (non-hydrogen) atoms. The van der Waals surface area contributed by atoms with Gasteiger partial charge in [0.05, 0.1) is 12.0 Å². The maximum Gasteiger partial charge on any atom is 0.243 e. The van der Waals surface area contributed by atoms with Crippen molar-refractivity contribution in [2.75, 3.05) is 33.8 Å². The molecule has 1 saturated heterocycles. The molecule has 1 aliphatic heterocycles. The molecule has 0 aromatic heterocycles. The molecular formula is C13H19N3O4S. The molecule has 1 amide bonds. The van der Waals surface area contributed by atoms with Gasteiger partial charge in [0.25, 0.3) is 0 Å². The predicted molar refractivity (Wildman–Crippen MR) is 77.6 cm³/mol. The van der Waals surface area contributed by atoms with Crippen molar-refractivity contribution >= 4 is 15.9 Å². The number of carbonyl (C=O) groups excluding carboxylic acids is 1. The van der Waals surface area contributed by atoms with Crippen LogP contribution in [0.4, 0.5) is 0 Å². The van der Waals surface area contributed by atoms with E-state index < -0.39 is 16.1 Å². The van der Waals surface area contributed by atoms with Crippen LogP contribution < -0.4 is 15.4 Å². The summed E-state index contributed by atoms with van der Waals surface area (Å²) < 4.78 is 31.7. The SMILES string of the molecule is CNC(=O)C1CNCCN1S(=O)(=O)c1ccc(OC)cc1. The molecule has 0 bridgehead atoms. The summed E-state index contributed by atoms with van der Waals surface area (Å²) in [7, 11) is -0.704. The molecule has 8 heteroatoms. The van der Waals surface area contributed by atoms with Crippen LogP contribution in [0.2, 0.25) is 0 Å². The van der Waals surface area contributed by atoms with Crippen LogP contribution >= 0.6 is 0 Å². The van der Waals surface area contributed by atoms with E-state index in [-0.39, 0.29) is 17.3 Å². The Balaban J connectivity index is 2.33. The smallest absolute Gasteiger partial charge is 0.243 e. The molecule has 1 aromatic rings. The molecule has 0 radical (unpaired) electrons. The molecule has 1 unspecified atom stereocenters. The van der Waals surface area contributed by atoms with Crippen molar-refractivity contribution in [1.29, 1.82) is 0 Å². The third-order valence-corrected chi connectivity index (χ3v) is 5.33. The number of ether oxygens (including phenoxy) is 1. The molecule has 1 aromatic carbocycles. The quantitative estimate of drug-likeness (QED) is 0.775. The first-order valence-corrected chi connectivity index (χ1v) is 8.03. The highest BCUT2D eigenvalue weighted by Crippen LogP contribution is 2.22. The molecule has 1 atom stereocenters. The number of amides is 1. The van der Waals surface area contributed by atoms with Crippen LogP contribution in [0.1, 0.15) is 0 Å². The number of rotatable bonds is 4. The highest BCUT2D eigenvalue weighted by molar-refractivity contribution is 7.89. The number of nitrogens with one attached hydrogen (secondary N) is 2. The van der Waals surface area contributed by atoms with E-state index in [9.17, 15) is 13.2 Å². The van der Waals surface area contributed by atoms with Gasteiger partial charge in [-0.1, -0.05) is 0 Å². The minimum atomic E-state index is -3.71. The van der Waals surface area contributed by atoms with Crippen LogP contribution in [0.15, 0.2) is 29.2 Å². The number of piperazine rings is 1. The molecule has 7 nitrogen and oxygen atoms in total. The molecule has 2 N–H and O–H groups in total. The summed E-state index contributed by atoms with van der Waals surface area (Å²) in [5.41, 5.74) is 0. The minimum absolute atomic E-state index is 0.152. The summed E-state index contributed by atoms with van der Waals surface area (Å²) in [6.45, 7) is 1.07. The van der Waals surface area contributed by atoms with E-state index in [2.05, 4.69) is 10.6 Å². The van der Waals surface area contributed by atoms with Gasteiger partial charge < -0.3 is 15.4 Å². The fourth-order valence-electron chi connectivity index (χ4n) is 2.25. The van der Waals surface area contributed by atoms with Gasteiger partial charge in [-0.3, -0.25) is 4.79 Å². The summed E-state index contributed by atoms with van der Waals surface area (Å²) in [6, 6.07) is 5.40. The number of benzene rings is 1. The Morgan fingerprint density at radius 1 is 1.38 bits per heavy atom. The van der Waals surface area contributed by atoms with Gasteiger partial charge in [-0.2, -0.15) is 4.31 Å². The predicted octanol–water partition coefficient (Wildman–Crippen LogP) is -0.596. The number of sulfonamides is 1. The Kier molecular flexibility index (Phi) is 4.81. The van der Waals surface area contributed by atoms with Crippen LogP contribution in [0, 0.1) is 0 Å². The molecule has 0 aliphatic carbocycles. The van der Waals surface area contributed by atoms with Crippen LogP contribution in [0.3, 0.4) is 0 Å². The fraction of sp³-hybridized carbons (Fsp3) is 0.462. The average molecular weight is 313 g/mol. The van der Waals surface area contributed by atoms with Crippen LogP contribution in [0.25, 0.3) is 0 Å². The van der Waals surface area contributed by atoms with Gasteiger partial charge in [0, 0.05) is 26.7 Å². The van der Waals surface area contributed by atoms with Gasteiger partial charge >= 0.3 is 0 Å². The first-order valence-electron chi connectivity index (χ1n) is 6.59. The summed E-state index contributed by atoms with van der Waals surface area (Å²) in [5, 5.41) is 5.54. The zero-order valence-electron chi connectivity index (χ0n) is 12.0. The van der Waals surface area contributed by atoms with Crippen molar-refractivity contribution < 1.29 is 17.9 Å². The summed E-state index contributed by atoms with van der Waals surface area (Å²) in [6.07, 6.45) is 0. The molecule has 0 spiro atoms.